The minimum atomic E-state index is -0.582. The van der Waals surface area contributed by atoms with Gasteiger partial charge in [-0.2, -0.15) is 0 Å². The lowest BCUT2D eigenvalue weighted by Gasteiger charge is -2.12. The molecule has 0 amide bonds. The van der Waals surface area contributed by atoms with Crippen LogP contribution in [0.2, 0.25) is 10.0 Å². The van der Waals surface area contributed by atoms with E-state index in [4.69, 9.17) is 23.2 Å². The van der Waals surface area contributed by atoms with E-state index < -0.39 is 6.10 Å². The minimum Gasteiger partial charge on any atom is -0.388 e. The van der Waals surface area contributed by atoms with E-state index in [0.29, 0.717) is 16.5 Å². The highest BCUT2D eigenvalue weighted by molar-refractivity contribution is 9.13. The Bertz CT molecular complexity index is 602. The van der Waals surface area contributed by atoms with Crippen LogP contribution < -0.4 is 0 Å². The summed E-state index contributed by atoms with van der Waals surface area (Å²) in [5.74, 6) is 0. The first-order valence-electron chi connectivity index (χ1n) is 5.54. The van der Waals surface area contributed by atoms with Gasteiger partial charge in [-0.25, -0.2) is 0 Å². The second-order valence-corrected chi connectivity index (χ2v) is 6.67. The van der Waals surface area contributed by atoms with Gasteiger partial charge in [0, 0.05) is 15.4 Å². The summed E-state index contributed by atoms with van der Waals surface area (Å²) in [7, 11) is 0. The van der Waals surface area contributed by atoms with Crippen molar-refractivity contribution >= 4 is 55.1 Å². The monoisotopic (exact) mass is 422 g/mol. The van der Waals surface area contributed by atoms with Crippen LogP contribution in [0.3, 0.4) is 0 Å². The Hall–Kier alpha value is -0.0600. The molecule has 0 aliphatic heterocycles. The summed E-state index contributed by atoms with van der Waals surface area (Å²) < 4.78 is 1.87. The highest BCUT2D eigenvalue weighted by Gasteiger charge is 2.11. The summed E-state index contributed by atoms with van der Waals surface area (Å²) in [6.07, 6.45) is -0.0908. The first-order valence-corrected chi connectivity index (χ1v) is 7.88. The number of hydrogen-bond acceptors (Lipinski definition) is 1. The Morgan fingerprint density at radius 3 is 2.32 bits per heavy atom. The summed E-state index contributed by atoms with van der Waals surface area (Å²) in [5, 5.41) is 11.3. The number of benzene rings is 2. The van der Waals surface area contributed by atoms with Crippen molar-refractivity contribution in [3.8, 4) is 0 Å². The summed E-state index contributed by atoms with van der Waals surface area (Å²) >= 11 is 18.7. The topological polar surface area (TPSA) is 20.2 Å². The van der Waals surface area contributed by atoms with Crippen LogP contribution in [-0.2, 0) is 6.42 Å². The molecule has 0 saturated carbocycles. The Labute approximate surface area is 138 Å². The normalized spacial score (nSPS) is 12.5. The molecule has 2 aromatic carbocycles. The fourth-order valence-electron chi connectivity index (χ4n) is 1.73. The van der Waals surface area contributed by atoms with Gasteiger partial charge in [-0.15, -0.1) is 0 Å². The Kier molecular flexibility index (Phi) is 5.32. The number of rotatable bonds is 3. The van der Waals surface area contributed by atoms with Crippen LogP contribution in [0.25, 0.3) is 0 Å². The van der Waals surface area contributed by atoms with Gasteiger partial charge in [-0.1, -0.05) is 35.3 Å². The maximum atomic E-state index is 10.2. The summed E-state index contributed by atoms with van der Waals surface area (Å²) in [6.45, 7) is 0. The molecule has 0 aliphatic carbocycles. The lowest BCUT2D eigenvalue weighted by molar-refractivity contribution is 0.178. The zero-order valence-electron chi connectivity index (χ0n) is 9.71. The van der Waals surface area contributed by atoms with E-state index in [-0.39, 0.29) is 0 Å². The molecule has 0 radical (unpaired) electrons. The second kappa shape index (κ2) is 6.59. The molecule has 0 spiro atoms. The third kappa shape index (κ3) is 3.96. The van der Waals surface area contributed by atoms with Crippen molar-refractivity contribution in [2.24, 2.45) is 0 Å². The molecule has 0 saturated heterocycles. The first kappa shape index (κ1) is 15.3. The Morgan fingerprint density at radius 2 is 1.68 bits per heavy atom. The maximum absolute atomic E-state index is 10.2. The largest absolute Gasteiger partial charge is 0.388 e. The van der Waals surface area contributed by atoms with Crippen molar-refractivity contribution < 1.29 is 5.11 Å². The Morgan fingerprint density at radius 1 is 0.947 bits per heavy atom. The van der Waals surface area contributed by atoms with Crippen LogP contribution in [0.4, 0.5) is 0 Å². The van der Waals surface area contributed by atoms with Crippen LogP contribution in [0.1, 0.15) is 17.2 Å². The van der Waals surface area contributed by atoms with Gasteiger partial charge >= 0.3 is 0 Å². The summed E-state index contributed by atoms with van der Waals surface area (Å²) in [4.78, 5) is 0. The summed E-state index contributed by atoms with van der Waals surface area (Å²) in [5.41, 5.74) is 1.79. The molecule has 1 N–H and O–H groups in total. The van der Waals surface area contributed by atoms with Crippen molar-refractivity contribution in [1.29, 1.82) is 0 Å². The van der Waals surface area contributed by atoms with E-state index in [1.54, 1.807) is 12.1 Å². The average molecular weight is 425 g/mol. The Balaban J connectivity index is 2.17. The molecular weight excluding hydrogens is 415 g/mol. The molecule has 0 bridgehead atoms. The average Bonchev–Trinajstić information content (AvgIpc) is 2.37. The molecule has 1 atom stereocenters. The van der Waals surface area contributed by atoms with Gasteiger partial charge in [0.15, 0.2) is 0 Å². The lowest BCUT2D eigenvalue weighted by atomic mass is 10.0. The molecule has 0 fully saturated rings. The van der Waals surface area contributed by atoms with Gasteiger partial charge < -0.3 is 5.11 Å². The standard InChI is InChI=1S/C14H10Br2Cl2O/c15-10-3-2-9(7-11(10)16)14(19)6-8-1-4-12(17)13(18)5-8/h1-5,7,14,19H,6H2. The molecule has 19 heavy (non-hydrogen) atoms. The molecular formula is C14H10Br2Cl2O. The molecule has 1 unspecified atom stereocenters. The molecule has 100 valence electrons. The van der Waals surface area contributed by atoms with Crippen LogP contribution >= 0.6 is 55.1 Å². The zero-order valence-corrected chi connectivity index (χ0v) is 14.4. The highest BCUT2D eigenvalue weighted by Crippen LogP contribution is 2.29. The van der Waals surface area contributed by atoms with Gasteiger partial charge in [0.05, 0.1) is 16.1 Å². The van der Waals surface area contributed by atoms with Gasteiger partial charge in [0.2, 0.25) is 0 Å². The zero-order chi connectivity index (χ0) is 14.0. The van der Waals surface area contributed by atoms with E-state index in [0.717, 1.165) is 20.1 Å². The predicted molar refractivity (Wildman–Crippen MR) is 87.0 cm³/mol. The van der Waals surface area contributed by atoms with Crippen molar-refractivity contribution in [2.75, 3.05) is 0 Å². The van der Waals surface area contributed by atoms with Crippen molar-refractivity contribution in [1.82, 2.24) is 0 Å². The molecule has 0 aromatic heterocycles. The van der Waals surface area contributed by atoms with Gasteiger partial charge in [0.25, 0.3) is 0 Å². The van der Waals surface area contributed by atoms with Crippen molar-refractivity contribution in [3.63, 3.8) is 0 Å². The third-order valence-electron chi connectivity index (χ3n) is 2.74. The smallest absolute Gasteiger partial charge is 0.0830 e. The molecule has 0 aliphatic rings. The number of aliphatic hydroxyl groups is 1. The van der Waals surface area contributed by atoms with E-state index in [1.807, 2.05) is 24.3 Å². The van der Waals surface area contributed by atoms with E-state index in [9.17, 15) is 5.11 Å². The van der Waals surface area contributed by atoms with Gasteiger partial charge in [0.1, 0.15) is 0 Å². The predicted octanol–water partition coefficient (Wildman–Crippen LogP) is 5.79. The van der Waals surface area contributed by atoms with Crippen LogP contribution in [0, 0.1) is 0 Å². The van der Waals surface area contributed by atoms with Crippen LogP contribution in [-0.4, -0.2) is 5.11 Å². The van der Waals surface area contributed by atoms with E-state index in [2.05, 4.69) is 31.9 Å². The fraction of sp³-hybridized carbons (Fsp3) is 0.143. The number of hydrogen-bond donors (Lipinski definition) is 1. The molecule has 2 rings (SSSR count). The quantitative estimate of drug-likeness (QED) is 0.660. The highest BCUT2D eigenvalue weighted by atomic mass is 79.9. The van der Waals surface area contributed by atoms with Crippen molar-refractivity contribution in [2.45, 2.75) is 12.5 Å². The fourth-order valence-corrected chi connectivity index (χ4v) is 2.69. The van der Waals surface area contributed by atoms with E-state index in [1.165, 1.54) is 0 Å². The lowest BCUT2D eigenvalue weighted by Crippen LogP contribution is -2.02. The SMILES string of the molecule is OC(Cc1ccc(Cl)c(Cl)c1)c1ccc(Br)c(Br)c1. The number of halogens is 4. The third-order valence-corrected chi connectivity index (χ3v) is 5.36. The van der Waals surface area contributed by atoms with Crippen LogP contribution in [0.5, 0.6) is 0 Å². The second-order valence-electron chi connectivity index (χ2n) is 4.14. The first-order chi connectivity index (χ1) is 8.97. The molecule has 5 heteroatoms. The van der Waals surface area contributed by atoms with Crippen molar-refractivity contribution in [3.05, 3.63) is 66.5 Å². The van der Waals surface area contributed by atoms with Crippen LogP contribution in [0.15, 0.2) is 45.3 Å². The molecule has 1 nitrogen and oxygen atoms in total. The van der Waals surface area contributed by atoms with Gasteiger partial charge in [-0.3, -0.25) is 0 Å². The molecule has 2 aromatic rings. The number of aliphatic hydroxyl groups excluding tert-OH is 1. The molecule has 0 heterocycles. The summed E-state index contributed by atoms with van der Waals surface area (Å²) in [6, 6.07) is 11.1. The van der Waals surface area contributed by atoms with Gasteiger partial charge in [-0.05, 0) is 67.3 Å². The maximum Gasteiger partial charge on any atom is 0.0830 e. The minimum absolute atomic E-state index is 0.491. The van der Waals surface area contributed by atoms with E-state index >= 15 is 0 Å².